The van der Waals surface area contributed by atoms with E-state index in [0.717, 1.165) is 12.2 Å². The summed E-state index contributed by atoms with van der Waals surface area (Å²) in [6.07, 6.45) is 4.84. The Kier molecular flexibility index (Phi) is 6.94. The van der Waals surface area contributed by atoms with Crippen molar-refractivity contribution in [3.05, 3.63) is 54.1 Å². The van der Waals surface area contributed by atoms with Gasteiger partial charge in [0.25, 0.3) is 0 Å². The fourth-order valence-electron chi connectivity index (χ4n) is 2.93. The lowest BCUT2D eigenvalue weighted by atomic mass is 9.99. The Morgan fingerprint density at radius 1 is 1.35 bits per heavy atom. The van der Waals surface area contributed by atoms with E-state index in [1.807, 2.05) is 49.7 Å². The van der Waals surface area contributed by atoms with Gasteiger partial charge in [-0.2, -0.15) is 0 Å². The third-order valence-corrected chi connectivity index (χ3v) is 4.40. The molecule has 0 aliphatic rings. The molecule has 1 heterocycles. The van der Waals surface area contributed by atoms with E-state index in [2.05, 4.69) is 22.4 Å². The number of ether oxygens (including phenoxy) is 1. The number of nitrogens with zero attached hydrogens (tertiary/aromatic N) is 2. The summed E-state index contributed by atoms with van der Waals surface area (Å²) in [7, 11) is 1.67. The summed E-state index contributed by atoms with van der Waals surface area (Å²) >= 11 is 0. The number of hydrogen-bond acceptors (Lipinski definition) is 4. The Morgan fingerprint density at radius 3 is 2.69 bits per heavy atom. The first-order valence-electron chi connectivity index (χ1n) is 8.95. The van der Waals surface area contributed by atoms with Gasteiger partial charge in [0.1, 0.15) is 0 Å². The minimum atomic E-state index is -0.622. The highest BCUT2D eigenvalue weighted by Gasteiger charge is 2.23. The average Bonchev–Trinajstić information content (AvgIpc) is 3.02. The fourth-order valence-corrected chi connectivity index (χ4v) is 2.93. The van der Waals surface area contributed by atoms with Crippen LogP contribution in [-0.4, -0.2) is 40.3 Å². The molecule has 0 radical (unpaired) electrons. The van der Waals surface area contributed by atoms with Crippen molar-refractivity contribution in [1.29, 1.82) is 0 Å². The third-order valence-electron chi connectivity index (χ3n) is 4.40. The van der Waals surface area contributed by atoms with Crippen LogP contribution in [0.1, 0.15) is 38.4 Å². The van der Waals surface area contributed by atoms with Gasteiger partial charge in [-0.15, -0.1) is 0 Å². The quantitative estimate of drug-likeness (QED) is 0.719. The van der Waals surface area contributed by atoms with Crippen LogP contribution in [0.25, 0.3) is 0 Å². The summed E-state index contributed by atoms with van der Waals surface area (Å²) < 4.78 is 7.40. The zero-order chi connectivity index (χ0) is 19.2. The van der Waals surface area contributed by atoms with Gasteiger partial charge in [-0.25, -0.2) is 4.98 Å². The molecule has 1 aromatic carbocycles. The van der Waals surface area contributed by atoms with Gasteiger partial charge >= 0.3 is 0 Å². The highest BCUT2D eigenvalue weighted by molar-refractivity contribution is 5.82. The highest BCUT2D eigenvalue weighted by atomic mass is 16.5. The second-order valence-electron chi connectivity index (χ2n) is 7.41. The number of benzene rings is 1. The zero-order valence-corrected chi connectivity index (χ0v) is 16.1. The molecule has 0 fully saturated rings. The van der Waals surface area contributed by atoms with Crippen LogP contribution in [0.4, 0.5) is 0 Å². The number of carbonyl (C=O) groups excluding carboxylic acids is 1. The predicted octanol–water partition coefficient (Wildman–Crippen LogP) is 2.12. The molecule has 1 unspecified atom stereocenters. The number of aromatic nitrogens is 2. The highest BCUT2D eigenvalue weighted by Crippen LogP contribution is 2.15. The van der Waals surface area contributed by atoms with Gasteiger partial charge < -0.3 is 20.4 Å². The first-order valence-corrected chi connectivity index (χ1v) is 8.95. The maximum absolute atomic E-state index is 12.3. The van der Waals surface area contributed by atoms with Gasteiger partial charge in [0, 0.05) is 32.3 Å². The molecule has 1 aromatic heterocycles. The van der Waals surface area contributed by atoms with Crippen molar-refractivity contribution in [3.8, 4) is 0 Å². The molecule has 0 saturated carbocycles. The normalized spacial score (nSPS) is 14.0. The molecule has 2 atom stereocenters. The Hall–Kier alpha value is -2.18. The van der Waals surface area contributed by atoms with E-state index in [0.29, 0.717) is 12.8 Å². The number of nitrogens with one attached hydrogen (secondary N) is 1. The Balaban J connectivity index is 1.85. The van der Waals surface area contributed by atoms with Crippen molar-refractivity contribution in [2.75, 3.05) is 7.11 Å². The first kappa shape index (κ1) is 20.1. The minimum absolute atomic E-state index is 0.0147. The molecule has 0 aliphatic heterocycles. The minimum Gasteiger partial charge on any atom is -0.379 e. The molecule has 0 spiro atoms. The molecule has 0 aliphatic carbocycles. The molecule has 2 rings (SSSR count). The molecule has 1 amide bonds. The lowest BCUT2D eigenvalue weighted by Gasteiger charge is -2.27. The molecule has 0 bridgehead atoms. The molecule has 26 heavy (non-hydrogen) atoms. The monoisotopic (exact) mass is 358 g/mol. The lowest BCUT2D eigenvalue weighted by Crippen LogP contribution is -2.47. The number of methoxy groups -OCH3 is 1. The van der Waals surface area contributed by atoms with Gasteiger partial charge in [-0.3, -0.25) is 4.79 Å². The van der Waals surface area contributed by atoms with Crippen molar-refractivity contribution in [1.82, 2.24) is 14.9 Å². The van der Waals surface area contributed by atoms with E-state index in [4.69, 9.17) is 10.5 Å². The summed E-state index contributed by atoms with van der Waals surface area (Å²) in [5.74, 6) is -0.165. The van der Waals surface area contributed by atoms with Gasteiger partial charge in [-0.1, -0.05) is 30.3 Å². The van der Waals surface area contributed by atoms with Crippen LogP contribution in [0.3, 0.4) is 0 Å². The summed E-state index contributed by atoms with van der Waals surface area (Å²) in [6.45, 7) is 6.70. The van der Waals surface area contributed by atoms with E-state index in [1.165, 1.54) is 5.56 Å². The van der Waals surface area contributed by atoms with Gasteiger partial charge in [0.2, 0.25) is 5.91 Å². The Bertz CT molecular complexity index is 697. The maximum atomic E-state index is 12.3. The van der Waals surface area contributed by atoms with Gasteiger partial charge in [0.05, 0.1) is 23.7 Å². The molecule has 2 aromatic rings. The molecule has 3 N–H and O–H groups in total. The van der Waals surface area contributed by atoms with Gasteiger partial charge in [-0.05, 0) is 32.8 Å². The number of nitrogens with two attached hydrogens (primary N) is 1. The second kappa shape index (κ2) is 8.96. The average molecular weight is 358 g/mol. The third kappa shape index (κ3) is 6.28. The smallest absolute Gasteiger partial charge is 0.237 e. The van der Waals surface area contributed by atoms with E-state index in [-0.39, 0.29) is 17.6 Å². The van der Waals surface area contributed by atoms with Crippen LogP contribution in [0.5, 0.6) is 0 Å². The molecule has 6 nitrogen and oxygen atoms in total. The molecule has 142 valence electrons. The van der Waals surface area contributed by atoms with Crippen LogP contribution in [0, 0.1) is 0 Å². The number of imidazole rings is 1. The van der Waals surface area contributed by atoms with Crippen LogP contribution >= 0.6 is 0 Å². The van der Waals surface area contributed by atoms with Crippen LogP contribution in [0.15, 0.2) is 42.9 Å². The molecular weight excluding hydrogens is 328 g/mol. The molecular formula is C20H30N4O2. The number of amides is 1. The SMILES string of the molecule is COC(C)(C)CC(C)NC(=O)[C@@H](N)Cc1cn(Cc2ccccc2)cn1. The van der Waals surface area contributed by atoms with Crippen molar-refractivity contribution >= 4 is 5.91 Å². The number of carbonyl (C=O) groups is 1. The summed E-state index contributed by atoms with van der Waals surface area (Å²) in [4.78, 5) is 16.7. The van der Waals surface area contributed by atoms with Crippen molar-refractivity contribution in [2.45, 2.75) is 57.8 Å². The number of rotatable bonds is 9. The largest absolute Gasteiger partial charge is 0.379 e. The van der Waals surface area contributed by atoms with Crippen molar-refractivity contribution in [2.24, 2.45) is 5.73 Å². The zero-order valence-electron chi connectivity index (χ0n) is 16.1. The molecule has 6 heteroatoms. The molecule has 0 saturated heterocycles. The maximum Gasteiger partial charge on any atom is 0.237 e. The summed E-state index contributed by atoms with van der Waals surface area (Å²) in [5, 5.41) is 2.96. The fraction of sp³-hybridized carbons (Fsp3) is 0.500. The second-order valence-corrected chi connectivity index (χ2v) is 7.41. The number of hydrogen-bond donors (Lipinski definition) is 2. The summed E-state index contributed by atoms with van der Waals surface area (Å²) in [6, 6.07) is 9.53. The first-order chi connectivity index (χ1) is 12.3. The van der Waals surface area contributed by atoms with Crippen LogP contribution in [-0.2, 0) is 22.5 Å². The Labute approximate surface area is 155 Å². The van der Waals surface area contributed by atoms with Gasteiger partial charge in [0.15, 0.2) is 0 Å². The van der Waals surface area contributed by atoms with Crippen LogP contribution < -0.4 is 11.1 Å². The standard InChI is InChI=1S/C20H30N4O2/c1-15(11-20(2,3)26-4)23-19(25)18(21)10-17-13-24(14-22-17)12-16-8-6-5-7-9-16/h5-9,13-15,18H,10-12,21H2,1-4H3,(H,23,25)/t15?,18-/m0/s1. The summed E-state index contributed by atoms with van der Waals surface area (Å²) in [5.41, 5.74) is 7.79. The van der Waals surface area contributed by atoms with Crippen LogP contribution in [0.2, 0.25) is 0 Å². The van der Waals surface area contributed by atoms with E-state index in [1.54, 1.807) is 13.4 Å². The van der Waals surface area contributed by atoms with E-state index in [9.17, 15) is 4.79 Å². The predicted molar refractivity (Wildman–Crippen MR) is 103 cm³/mol. The topological polar surface area (TPSA) is 82.2 Å². The van der Waals surface area contributed by atoms with Crippen molar-refractivity contribution < 1.29 is 9.53 Å². The van der Waals surface area contributed by atoms with E-state index >= 15 is 0 Å². The van der Waals surface area contributed by atoms with E-state index < -0.39 is 6.04 Å². The van der Waals surface area contributed by atoms with Crippen molar-refractivity contribution in [3.63, 3.8) is 0 Å². The lowest BCUT2D eigenvalue weighted by molar-refractivity contribution is -0.123. The Morgan fingerprint density at radius 2 is 2.04 bits per heavy atom.